The lowest BCUT2D eigenvalue weighted by atomic mass is 10.1. The van der Waals surface area contributed by atoms with Gasteiger partial charge in [-0.15, -0.1) is 0 Å². The molecule has 0 spiro atoms. The fraction of sp³-hybridized carbons (Fsp3) is 0.0400. The number of hydrogen-bond donors (Lipinski definition) is 1. The zero-order valence-electron chi connectivity index (χ0n) is 16.7. The van der Waals surface area contributed by atoms with Gasteiger partial charge in [0, 0.05) is 10.7 Å². The minimum absolute atomic E-state index is 0.681. The monoisotopic (exact) mass is 443 g/mol. The summed E-state index contributed by atoms with van der Waals surface area (Å²) in [5.74, 6) is 1.48. The third kappa shape index (κ3) is 4.15. The number of nitrogens with zero attached hydrogens (tertiary/aromatic N) is 2. The molecule has 0 radical (unpaired) electrons. The molecular weight excluding hydrogens is 426 g/mol. The van der Waals surface area contributed by atoms with E-state index in [1.165, 1.54) is 11.8 Å². The Balaban J connectivity index is 1.65. The number of para-hydroxylation sites is 1. The zero-order valence-corrected chi connectivity index (χ0v) is 18.2. The lowest BCUT2D eigenvalue weighted by molar-refractivity contribution is 0.405. The van der Waals surface area contributed by atoms with Crippen molar-refractivity contribution in [1.29, 1.82) is 0 Å². The van der Waals surface area contributed by atoms with Crippen molar-refractivity contribution in [2.45, 2.75) is 9.92 Å². The van der Waals surface area contributed by atoms with Crippen LogP contribution in [0.1, 0.15) is 0 Å². The normalized spacial score (nSPS) is 11.0. The lowest BCUT2D eigenvalue weighted by Crippen LogP contribution is -1.99. The molecule has 1 N–H and O–H groups in total. The van der Waals surface area contributed by atoms with E-state index in [2.05, 4.69) is 29.6 Å². The maximum absolute atomic E-state index is 6.05. The Labute approximate surface area is 189 Å². The van der Waals surface area contributed by atoms with Crippen molar-refractivity contribution < 1.29 is 4.74 Å². The van der Waals surface area contributed by atoms with Crippen LogP contribution in [-0.2, 0) is 0 Å². The summed E-state index contributed by atoms with van der Waals surface area (Å²) in [6, 6.07) is 27.8. The van der Waals surface area contributed by atoms with Crippen LogP contribution in [0.5, 0.6) is 5.75 Å². The minimum atomic E-state index is 0.681. The molecular formula is C25H18ClN3OS. The maximum Gasteiger partial charge on any atom is 0.164 e. The summed E-state index contributed by atoms with van der Waals surface area (Å²) in [4.78, 5) is 10.9. The van der Waals surface area contributed by atoms with Crippen LogP contribution in [-0.4, -0.2) is 17.1 Å². The fourth-order valence-electron chi connectivity index (χ4n) is 3.36. The van der Waals surface area contributed by atoms with Gasteiger partial charge in [-0.1, -0.05) is 59.8 Å². The second-order valence-electron chi connectivity index (χ2n) is 6.95. The second-order valence-corrected chi connectivity index (χ2v) is 8.42. The van der Waals surface area contributed by atoms with Crippen LogP contribution in [0.4, 0.5) is 11.5 Å². The number of aromatic nitrogens is 2. The van der Waals surface area contributed by atoms with Gasteiger partial charge in [-0.25, -0.2) is 9.97 Å². The zero-order chi connectivity index (χ0) is 21.2. The number of fused-ring (bicyclic) bond motifs is 2. The SMILES string of the molecule is COc1ccccc1Sc1nc2cc3ccccc3cc2nc1Nc1ccc(Cl)cc1. The van der Waals surface area contributed by atoms with E-state index >= 15 is 0 Å². The number of hydrogen-bond acceptors (Lipinski definition) is 5. The minimum Gasteiger partial charge on any atom is -0.496 e. The van der Waals surface area contributed by atoms with Gasteiger partial charge in [0.15, 0.2) is 5.82 Å². The average molecular weight is 444 g/mol. The van der Waals surface area contributed by atoms with Crippen molar-refractivity contribution >= 4 is 56.7 Å². The first-order valence-electron chi connectivity index (χ1n) is 9.73. The number of nitrogens with one attached hydrogen (secondary N) is 1. The standard InChI is InChI=1S/C25H18ClN3OS/c1-30-22-8-4-5-9-23(22)31-25-24(27-19-12-10-18(26)11-13-19)28-20-14-16-6-2-3-7-17(16)15-21(20)29-25/h2-15H,1H3,(H,27,28). The van der Waals surface area contributed by atoms with Crippen LogP contribution in [0.25, 0.3) is 21.8 Å². The Kier molecular flexibility index (Phi) is 5.37. The molecule has 0 aliphatic carbocycles. The molecule has 1 aromatic heterocycles. The molecule has 31 heavy (non-hydrogen) atoms. The summed E-state index contributed by atoms with van der Waals surface area (Å²) >= 11 is 7.57. The van der Waals surface area contributed by atoms with Gasteiger partial charge in [0.1, 0.15) is 10.8 Å². The van der Waals surface area contributed by atoms with Crippen molar-refractivity contribution in [2.24, 2.45) is 0 Å². The molecule has 4 aromatic carbocycles. The first-order valence-corrected chi connectivity index (χ1v) is 10.9. The quantitative estimate of drug-likeness (QED) is 0.288. The van der Waals surface area contributed by atoms with E-state index in [-0.39, 0.29) is 0 Å². The molecule has 152 valence electrons. The number of anilines is 2. The Morgan fingerprint density at radius 2 is 1.45 bits per heavy atom. The first-order chi connectivity index (χ1) is 15.2. The summed E-state index contributed by atoms with van der Waals surface area (Å²) in [6.45, 7) is 0. The van der Waals surface area contributed by atoms with Crippen LogP contribution in [0.3, 0.4) is 0 Å². The van der Waals surface area contributed by atoms with Gasteiger partial charge in [0.05, 0.1) is 23.0 Å². The Morgan fingerprint density at radius 3 is 2.16 bits per heavy atom. The van der Waals surface area contributed by atoms with Gasteiger partial charge >= 0.3 is 0 Å². The molecule has 4 nitrogen and oxygen atoms in total. The highest BCUT2D eigenvalue weighted by atomic mass is 35.5. The molecule has 0 saturated carbocycles. The van der Waals surface area contributed by atoms with Crippen molar-refractivity contribution in [2.75, 3.05) is 12.4 Å². The highest BCUT2D eigenvalue weighted by Gasteiger charge is 2.14. The molecule has 5 rings (SSSR count). The second kappa shape index (κ2) is 8.46. The van der Waals surface area contributed by atoms with Crippen LogP contribution in [0.15, 0.2) is 94.9 Å². The van der Waals surface area contributed by atoms with Gasteiger partial charge < -0.3 is 10.1 Å². The molecule has 5 aromatic rings. The topological polar surface area (TPSA) is 47.0 Å². The third-order valence-electron chi connectivity index (χ3n) is 4.88. The van der Waals surface area contributed by atoms with Crippen LogP contribution in [0.2, 0.25) is 5.02 Å². The van der Waals surface area contributed by atoms with Crippen LogP contribution >= 0.6 is 23.4 Å². The van der Waals surface area contributed by atoms with Crippen molar-refractivity contribution in [3.63, 3.8) is 0 Å². The van der Waals surface area contributed by atoms with E-state index < -0.39 is 0 Å². The first kappa shape index (κ1) is 19.7. The highest BCUT2D eigenvalue weighted by Crippen LogP contribution is 2.38. The van der Waals surface area contributed by atoms with E-state index in [1.54, 1.807) is 7.11 Å². The summed E-state index contributed by atoms with van der Waals surface area (Å²) in [5, 5.41) is 7.12. The summed E-state index contributed by atoms with van der Waals surface area (Å²) in [7, 11) is 1.67. The molecule has 0 bridgehead atoms. The largest absolute Gasteiger partial charge is 0.496 e. The number of methoxy groups -OCH3 is 1. The molecule has 0 atom stereocenters. The van der Waals surface area contributed by atoms with Gasteiger partial charge in [-0.2, -0.15) is 0 Å². The third-order valence-corrected chi connectivity index (χ3v) is 6.17. The summed E-state index contributed by atoms with van der Waals surface area (Å²) < 4.78 is 5.53. The van der Waals surface area contributed by atoms with Gasteiger partial charge in [0.25, 0.3) is 0 Å². The van der Waals surface area contributed by atoms with E-state index in [4.69, 9.17) is 26.3 Å². The molecule has 0 aliphatic heterocycles. The van der Waals surface area contributed by atoms with Gasteiger partial charge in [-0.05, 0) is 59.3 Å². The molecule has 6 heteroatoms. The van der Waals surface area contributed by atoms with E-state index in [0.717, 1.165) is 43.2 Å². The lowest BCUT2D eigenvalue weighted by Gasteiger charge is -2.13. The Hall–Kier alpha value is -3.28. The average Bonchev–Trinajstić information content (AvgIpc) is 2.80. The molecule has 1 heterocycles. The summed E-state index contributed by atoms with van der Waals surface area (Å²) in [5.41, 5.74) is 2.57. The highest BCUT2D eigenvalue weighted by molar-refractivity contribution is 7.99. The van der Waals surface area contributed by atoms with Crippen molar-refractivity contribution in [1.82, 2.24) is 9.97 Å². The molecule has 0 saturated heterocycles. The van der Waals surface area contributed by atoms with Gasteiger partial charge in [-0.3, -0.25) is 0 Å². The predicted molar refractivity (Wildman–Crippen MR) is 129 cm³/mol. The van der Waals surface area contributed by atoms with Crippen molar-refractivity contribution in [3.05, 3.63) is 90.0 Å². The molecule has 0 aliphatic rings. The number of benzene rings is 4. The van der Waals surface area contributed by atoms with Crippen LogP contribution in [0, 0.1) is 0 Å². The number of ether oxygens (including phenoxy) is 1. The number of halogens is 1. The number of rotatable bonds is 5. The smallest absolute Gasteiger partial charge is 0.164 e. The molecule has 0 unspecified atom stereocenters. The van der Waals surface area contributed by atoms with Gasteiger partial charge in [0.2, 0.25) is 0 Å². The Bertz CT molecular complexity index is 1390. The summed E-state index contributed by atoms with van der Waals surface area (Å²) in [6.07, 6.45) is 0. The van der Waals surface area contributed by atoms with E-state index in [1.807, 2.05) is 60.7 Å². The molecule has 0 fully saturated rings. The van der Waals surface area contributed by atoms with Crippen molar-refractivity contribution in [3.8, 4) is 5.75 Å². The fourth-order valence-corrected chi connectivity index (χ4v) is 4.43. The van der Waals surface area contributed by atoms with Crippen LogP contribution < -0.4 is 10.1 Å². The molecule has 0 amide bonds. The Morgan fingerprint density at radius 1 is 0.806 bits per heavy atom. The maximum atomic E-state index is 6.05. The van der Waals surface area contributed by atoms with E-state index in [9.17, 15) is 0 Å². The van der Waals surface area contributed by atoms with E-state index in [0.29, 0.717) is 10.8 Å². The predicted octanol–water partition coefficient (Wildman–Crippen LogP) is 7.34.